The van der Waals surface area contributed by atoms with Crippen molar-refractivity contribution in [2.45, 2.75) is 78.1 Å². The van der Waals surface area contributed by atoms with Crippen molar-refractivity contribution in [3.05, 3.63) is 35.4 Å². The van der Waals surface area contributed by atoms with Gasteiger partial charge in [0.25, 0.3) is 0 Å². The number of phenolic OH excluding ortho intramolecular Hbond substituents is 2. The molecule has 146 valence electrons. The molecule has 0 fully saturated rings. The van der Waals surface area contributed by atoms with E-state index >= 15 is 0 Å². The molecule has 0 unspecified atom stereocenters. The van der Waals surface area contributed by atoms with E-state index < -0.39 is 0 Å². The molecular weight excluding hydrogens is 336 g/mol. The molecule has 0 bridgehead atoms. The van der Waals surface area contributed by atoms with E-state index in [-0.39, 0.29) is 0 Å². The molecule has 1 heterocycles. The van der Waals surface area contributed by atoms with Gasteiger partial charge in [-0.3, -0.25) is 0 Å². The minimum absolute atomic E-state index is 0.324. The van der Waals surface area contributed by atoms with E-state index in [9.17, 15) is 10.2 Å². The molecule has 0 saturated heterocycles. The van der Waals surface area contributed by atoms with Crippen LogP contribution in [0.15, 0.2) is 28.7 Å². The lowest BCUT2D eigenvalue weighted by Crippen LogP contribution is -1.87. The quantitative estimate of drug-likeness (QED) is 0.371. The van der Waals surface area contributed by atoms with Crippen LogP contribution >= 0.6 is 0 Å². The molecule has 3 heteroatoms. The van der Waals surface area contributed by atoms with E-state index in [1.54, 1.807) is 12.1 Å². The van der Waals surface area contributed by atoms with Gasteiger partial charge in [-0.25, -0.2) is 0 Å². The van der Waals surface area contributed by atoms with Crippen LogP contribution in [0.2, 0.25) is 0 Å². The zero-order valence-electron chi connectivity index (χ0n) is 16.7. The molecule has 2 aromatic carbocycles. The fourth-order valence-corrected chi connectivity index (χ4v) is 3.81. The number of fused-ring (bicyclic) bond motifs is 3. The fourth-order valence-electron chi connectivity index (χ4n) is 3.81. The van der Waals surface area contributed by atoms with Crippen LogP contribution in [-0.4, -0.2) is 10.2 Å². The van der Waals surface area contributed by atoms with Crippen molar-refractivity contribution < 1.29 is 14.6 Å². The Balaban J connectivity index is 1.86. The molecule has 0 aliphatic rings. The van der Waals surface area contributed by atoms with E-state index in [2.05, 4.69) is 13.8 Å². The number of hydrogen-bond acceptors (Lipinski definition) is 3. The largest absolute Gasteiger partial charge is 0.508 e. The molecular formula is C24H32O3. The minimum Gasteiger partial charge on any atom is -0.508 e. The number of hydrogen-bond donors (Lipinski definition) is 2. The van der Waals surface area contributed by atoms with E-state index in [0.29, 0.717) is 11.5 Å². The Morgan fingerprint density at radius 2 is 1.07 bits per heavy atom. The summed E-state index contributed by atoms with van der Waals surface area (Å²) in [6.45, 7) is 4.40. The van der Waals surface area contributed by atoms with Crippen molar-refractivity contribution >= 4 is 21.9 Å². The highest BCUT2D eigenvalue weighted by Gasteiger charge is 2.14. The summed E-state index contributed by atoms with van der Waals surface area (Å²) in [4.78, 5) is 0. The molecule has 1 aromatic heterocycles. The van der Waals surface area contributed by atoms with Crippen LogP contribution in [0, 0.1) is 0 Å². The molecule has 0 amide bonds. The van der Waals surface area contributed by atoms with Crippen molar-refractivity contribution in [3.63, 3.8) is 0 Å². The Hall–Kier alpha value is -2.16. The summed E-state index contributed by atoms with van der Waals surface area (Å²) in [5.74, 6) is 0.648. The average Bonchev–Trinajstić information content (AvgIpc) is 2.98. The second kappa shape index (κ2) is 9.16. The molecule has 0 aliphatic heterocycles. The second-order valence-corrected chi connectivity index (χ2v) is 7.68. The summed E-state index contributed by atoms with van der Waals surface area (Å²) in [5.41, 5.74) is 3.47. The molecule has 0 spiro atoms. The smallest absolute Gasteiger partial charge is 0.135 e. The van der Waals surface area contributed by atoms with Gasteiger partial charge in [0, 0.05) is 10.8 Å². The van der Waals surface area contributed by atoms with Gasteiger partial charge in [-0.05, 0) is 61.1 Å². The summed E-state index contributed by atoms with van der Waals surface area (Å²) in [6.07, 6.45) is 11.1. The summed E-state index contributed by atoms with van der Waals surface area (Å²) in [7, 11) is 0. The molecule has 3 rings (SSSR count). The monoisotopic (exact) mass is 368 g/mol. The summed E-state index contributed by atoms with van der Waals surface area (Å²) in [5, 5.41) is 22.6. The van der Waals surface area contributed by atoms with E-state index in [0.717, 1.165) is 58.7 Å². The number of aromatic hydroxyl groups is 2. The van der Waals surface area contributed by atoms with Crippen molar-refractivity contribution in [2.75, 3.05) is 0 Å². The summed E-state index contributed by atoms with van der Waals surface area (Å²) in [6, 6.07) is 7.51. The molecule has 27 heavy (non-hydrogen) atoms. The normalized spacial score (nSPS) is 11.6. The van der Waals surface area contributed by atoms with Crippen LogP contribution < -0.4 is 0 Å². The minimum atomic E-state index is 0.324. The SMILES string of the molecule is CCCCCCc1cc2oc3cc(CCCCCC)c(O)cc3c2cc1O. The Kier molecular flexibility index (Phi) is 6.65. The van der Waals surface area contributed by atoms with Crippen LogP contribution in [0.5, 0.6) is 11.5 Å². The highest BCUT2D eigenvalue weighted by Crippen LogP contribution is 2.37. The Bertz CT molecular complexity index is 819. The number of aryl methyl sites for hydroxylation is 2. The topological polar surface area (TPSA) is 53.6 Å². The van der Waals surface area contributed by atoms with E-state index in [4.69, 9.17) is 4.42 Å². The molecule has 2 N–H and O–H groups in total. The number of rotatable bonds is 10. The molecule has 0 radical (unpaired) electrons. The first-order chi connectivity index (χ1) is 13.1. The maximum atomic E-state index is 10.4. The fraction of sp³-hybridized carbons (Fsp3) is 0.500. The Morgan fingerprint density at radius 3 is 1.48 bits per heavy atom. The predicted octanol–water partition coefficient (Wildman–Crippen LogP) is 7.24. The third-order valence-electron chi connectivity index (χ3n) is 5.47. The lowest BCUT2D eigenvalue weighted by molar-refractivity contribution is 0.466. The predicted molar refractivity (Wildman–Crippen MR) is 113 cm³/mol. The second-order valence-electron chi connectivity index (χ2n) is 7.68. The van der Waals surface area contributed by atoms with Gasteiger partial charge < -0.3 is 14.6 Å². The van der Waals surface area contributed by atoms with Crippen LogP contribution in [0.1, 0.15) is 76.3 Å². The van der Waals surface area contributed by atoms with Crippen LogP contribution in [0.25, 0.3) is 21.9 Å². The maximum absolute atomic E-state index is 10.4. The van der Waals surface area contributed by atoms with Gasteiger partial charge in [0.2, 0.25) is 0 Å². The lowest BCUT2D eigenvalue weighted by atomic mass is 10.0. The first-order valence-corrected chi connectivity index (χ1v) is 10.5. The van der Waals surface area contributed by atoms with Gasteiger partial charge in [0.05, 0.1) is 0 Å². The maximum Gasteiger partial charge on any atom is 0.135 e. The van der Waals surface area contributed by atoms with Crippen molar-refractivity contribution in [2.24, 2.45) is 0 Å². The Morgan fingerprint density at radius 1 is 0.630 bits per heavy atom. The first-order valence-electron chi connectivity index (χ1n) is 10.5. The molecule has 0 atom stereocenters. The van der Waals surface area contributed by atoms with Gasteiger partial charge in [-0.15, -0.1) is 0 Å². The molecule has 3 nitrogen and oxygen atoms in total. The van der Waals surface area contributed by atoms with Crippen molar-refractivity contribution in [1.29, 1.82) is 0 Å². The van der Waals surface area contributed by atoms with E-state index in [1.165, 1.54) is 38.5 Å². The lowest BCUT2D eigenvalue weighted by Gasteiger charge is -2.05. The highest BCUT2D eigenvalue weighted by atomic mass is 16.3. The number of unbranched alkanes of at least 4 members (excludes halogenated alkanes) is 6. The zero-order valence-corrected chi connectivity index (χ0v) is 16.7. The van der Waals surface area contributed by atoms with Gasteiger partial charge >= 0.3 is 0 Å². The summed E-state index contributed by atoms with van der Waals surface area (Å²) < 4.78 is 6.08. The van der Waals surface area contributed by atoms with Crippen LogP contribution in [0.4, 0.5) is 0 Å². The number of furan rings is 1. The number of benzene rings is 2. The number of phenols is 2. The van der Waals surface area contributed by atoms with Gasteiger partial charge in [-0.1, -0.05) is 52.4 Å². The summed E-state index contributed by atoms with van der Waals surface area (Å²) >= 11 is 0. The first kappa shape index (κ1) is 19.6. The van der Waals surface area contributed by atoms with Crippen LogP contribution in [0.3, 0.4) is 0 Å². The van der Waals surface area contributed by atoms with Gasteiger partial charge in [0.15, 0.2) is 0 Å². The standard InChI is InChI=1S/C24H32O3/c1-3-5-7-9-11-17-13-23-19(15-21(17)25)20-16-22(26)18(14-24(20)27-23)12-10-8-6-4-2/h13-16,25-26H,3-12H2,1-2H3. The zero-order chi connectivity index (χ0) is 19.2. The van der Waals surface area contributed by atoms with Gasteiger partial charge in [-0.2, -0.15) is 0 Å². The highest BCUT2D eigenvalue weighted by molar-refractivity contribution is 6.06. The molecule has 3 aromatic rings. The van der Waals surface area contributed by atoms with E-state index in [1.807, 2.05) is 12.1 Å². The Labute approximate surface area is 162 Å². The third kappa shape index (κ3) is 4.58. The van der Waals surface area contributed by atoms with Crippen LogP contribution in [-0.2, 0) is 12.8 Å². The molecule has 0 saturated carbocycles. The van der Waals surface area contributed by atoms with Crippen molar-refractivity contribution in [1.82, 2.24) is 0 Å². The average molecular weight is 369 g/mol. The third-order valence-corrected chi connectivity index (χ3v) is 5.47. The van der Waals surface area contributed by atoms with Crippen molar-refractivity contribution in [3.8, 4) is 11.5 Å². The molecule has 0 aliphatic carbocycles. The van der Waals surface area contributed by atoms with Gasteiger partial charge in [0.1, 0.15) is 22.7 Å².